The van der Waals surface area contributed by atoms with E-state index >= 15 is 0 Å². The highest BCUT2D eigenvalue weighted by Crippen LogP contribution is 2.22. The lowest BCUT2D eigenvalue weighted by atomic mass is 10.2. The third-order valence-electron chi connectivity index (χ3n) is 3.73. The number of ether oxygens (including phenoxy) is 2. The first-order valence-electron chi connectivity index (χ1n) is 8.37. The molecule has 0 aliphatic heterocycles. The second-order valence-electron chi connectivity index (χ2n) is 5.70. The minimum atomic E-state index is 0.404. The van der Waals surface area contributed by atoms with Crippen molar-refractivity contribution < 1.29 is 9.47 Å². The van der Waals surface area contributed by atoms with E-state index in [1.54, 1.807) is 13.3 Å². The molecule has 2 N–H and O–H groups in total. The number of benzene rings is 2. The number of aromatic nitrogens is 3. The number of nitrogens with one attached hydrogen (secondary N) is 2. The molecular weight excluding hydrogens is 366 g/mol. The summed E-state index contributed by atoms with van der Waals surface area (Å²) in [6, 6.07) is 13.0. The Morgan fingerprint density at radius 3 is 2.59 bits per heavy atom. The second-order valence-corrected chi connectivity index (χ2v) is 6.14. The number of anilines is 3. The molecule has 7 nitrogen and oxygen atoms in total. The quantitative estimate of drug-likeness (QED) is 0.565. The molecule has 1 heterocycles. The fourth-order valence-electron chi connectivity index (χ4n) is 2.35. The van der Waals surface area contributed by atoms with Crippen LogP contribution in [-0.4, -0.2) is 35.4 Å². The summed E-state index contributed by atoms with van der Waals surface area (Å²) in [5.41, 5.74) is 1.87. The highest BCUT2D eigenvalue weighted by atomic mass is 35.5. The van der Waals surface area contributed by atoms with Gasteiger partial charge in [-0.2, -0.15) is 10.1 Å². The number of halogens is 1. The van der Waals surface area contributed by atoms with Crippen LogP contribution in [0.4, 0.5) is 17.5 Å². The maximum atomic E-state index is 5.98. The predicted molar refractivity (Wildman–Crippen MR) is 106 cm³/mol. The molecule has 0 unspecified atom stereocenters. The molecule has 27 heavy (non-hydrogen) atoms. The summed E-state index contributed by atoms with van der Waals surface area (Å²) in [6.07, 6.45) is 1.56. The Morgan fingerprint density at radius 2 is 1.85 bits per heavy atom. The van der Waals surface area contributed by atoms with Crippen LogP contribution in [0.1, 0.15) is 5.56 Å². The SMILES string of the molecule is COc1ccc(OCCNc2cnnc(Nc3ccc(Cl)cc3C)n2)cc1. The first-order chi connectivity index (χ1) is 13.1. The predicted octanol–water partition coefficient (Wildman–Crippen LogP) is 4.08. The van der Waals surface area contributed by atoms with Gasteiger partial charge in [0.05, 0.1) is 19.9 Å². The molecule has 8 heteroatoms. The van der Waals surface area contributed by atoms with E-state index in [4.69, 9.17) is 21.1 Å². The van der Waals surface area contributed by atoms with Crippen LogP contribution in [0.5, 0.6) is 11.5 Å². The van der Waals surface area contributed by atoms with Crippen molar-refractivity contribution in [1.29, 1.82) is 0 Å². The minimum Gasteiger partial charge on any atom is -0.497 e. The molecule has 3 aromatic rings. The maximum Gasteiger partial charge on any atom is 0.249 e. The number of aryl methyl sites for hydroxylation is 1. The van der Waals surface area contributed by atoms with Gasteiger partial charge in [-0.3, -0.25) is 0 Å². The Kier molecular flexibility index (Phi) is 6.27. The van der Waals surface area contributed by atoms with Gasteiger partial charge in [-0.05, 0) is 55.0 Å². The second kappa shape index (κ2) is 9.05. The van der Waals surface area contributed by atoms with Crippen LogP contribution in [-0.2, 0) is 0 Å². The van der Waals surface area contributed by atoms with Gasteiger partial charge in [-0.15, -0.1) is 5.10 Å². The van der Waals surface area contributed by atoms with Crippen molar-refractivity contribution >= 4 is 29.1 Å². The van der Waals surface area contributed by atoms with Gasteiger partial charge in [0.2, 0.25) is 5.95 Å². The van der Waals surface area contributed by atoms with Gasteiger partial charge < -0.3 is 20.1 Å². The van der Waals surface area contributed by atoms with Crippen LogP contribution >= 0.6 is 11.6 Å². The van der Waals surface area contributed by atoms with Gasteiger partial charge >= 0.3 is 0 Å². The van der Waals surface area contributed by atoms with Gasteiger partial charge in [0.25, 0.3) is 0 Å². The van der Waals surface area contributed by atoms with Crippen molar-refractivity contribution in [1.82, 2.24) is 15.2 Å². The summed E-state index contributed by atoms with van der Waals surface area (Å²) in [5, 5.41) is 15.0. The zero-order chi connectivity index (χ0) is 19.1. The third kappa shape index (κ3) is 5.46. The normalized spacial score (nSPS) is 10.3. The molecule has 0 saturated carbocycles. The fourth-order valence-corrected chi connectivity index (χ4v) is 2.58. The van der Waals surface area contributed by atoms with Crippen LogP contribution in [0.25, 0.3) is 0 Å². The van der Waals surface area contributed by atoms with Crippen molar-refractivity contribution in [2.24, 2.45) is 0 Å². The molecule has 0 amide bonds. The van der Waals surface area contributed by atoms with Crippen LogP contribution in [0, 0.1) is 6.92 Å². The number of nitrogens with zero attached hydrogens (tertiary/aromatic N) is 3. The van der Waals surface area contributed by atoms with Crippen molar-refractivity contribution in [3.8, 4) is 11.5 Å². The van der Waals surface area contributed by atoms with E-state index in [2.05, 4.69) is 25.8 Å². The monoisotopic (exact) mass is 385 g/mol. The summed E-state index contributed by atoms with van der Waals surface area (Å²) in [7, 11) is 1.63. The van der Waals surface area contributed by atoms with Crippen molar-refractivity contribution in [3.05, 3.63) is 59.2 Å². The van der Waals surface area contributed by atoms with E-state index in [9.17, 15) is 0 Å². The van der Waals surface area contributed by atoms with E-state index in [1.165, 1.54) is 0 Å². The number of hydrogen-bond acceptors (Lipinski definition) is 7. The first-order valence-corrected chi connectivity index (χ1v) is 8.75. The molecule has 3 rings (SSSR count). The van der Waals surface area contributed by atoms with E-state index < -0.39 is 0 Å². The molecule has 0 fully saturated rings. The summed E-state index contributed by atoms with van der Waals surface area (Å²) in [6.45, 7) is 3.01. The molecule has 0 atom stereocenters. The van der Waals surface area contributed by atoms with E-state index in [1.807, 2.05) is 49.4 Å². The Bertz CT molecular complexity index is 890. The lowest BCUT2D eigenvalue weighted by Gasteiger charge is -2.10. The Labute approximate surface area is 162 Å². The van der Waals surface area contributed by atoms with Gasteiger partial charge in [-0.25, -0.2) is 0 Å². The number of rotatable bonds is 8. The fraction of sp³-hybridized carbons (Fsp3) is 0.211. The molecular formula is C19H20ClN5O2. The van der Waals surface area contributed by atoms with Crippen molar-refractivity contribution in [2.75, 3.05) is 30.9 Å². The van der Waals surface area contributed by atoms with Crippen LogP contribution in [0.15, 0.2) is 48.7 Å². The van der Waals surface area contributed by atoms with Gasteiger partial charge in [0, 0.05) is 10.7 Å². The molecule has 0 aliphatic carbocycles. The molecule has 0 saturated heterocycles. The zero-order valence-corrected chi connectivity index (χ0v) is 15.8. The molecule has 1 aromatic heterocycles. The third-order valence-corrected chi connectivity index (χ3v) is 3.97. The van der Waals surface area contributed by atoms with Crippen LogP contribution in [0.2, 0.25) is 5.02 Å². The average Bonchev–Trinajstić information content (AvgIpc) is 2.68. The van der Waals surface area contributed by atoms with Gasteiger partial charge in [0.15, 0.2) is 5.82 Å². The Hall–Kier alpha value is -3.06. The number of hydrogen-bond donors (Lipinski definition) is 2. The molecule has 0 aliphatic rings. The first kappa shape index (κ1) is 18.7. The molecule has 0 spiro atoms. The van der Waals surface area contributed by atoms with Crippen LogP contribution < -0.4 is 20.1 Å². The zero-order valence-electron chi connectivity index (χ0n) is 15.1. The van der Waals surface area contributed by atoms with E-state index in [0.717, 1.165) is 22.7 Å². The lowest BCUT2D eigenvalue weighted by Crippen LogP contribution is -2.13. The highest BCUT2D eigenvalue weighted by Gasteiger charge is 2.04. The highest BCUT2D eigenvalue weighted by molar-refractivity contribution is 6.30. The smallest absolute Gasteiger partial charge is 0.249 e. The van der Waals surface area contributed by atoms with E-state index in [-0.39, 0.29) is 0 Å². The van der Waals surface area contributed by atoms with Crippen molar-refractivity contribution in [3.63, 3.8) is 0 Å². The largest absolute Gasteiger partial charge is 0.497 e. The van der Waals surface area contributed by atoms with Crippen LogP contribution in [0.3, 0.4) is 0 Å². The lowest BCUT2D eigenvalue weighted by molar-refractivity contribution is 0.331. The number of methoxy groups -OCH3 is 1. The molecule has 140 valence electrons. The summed E-state index contributed by atoms with van der Waals surface area (Å²) in [5.74, 6) is 2.58. The van der Waals surface area contributed by atoms with Gasteiger partial charge in [0.1, 0.15) is 18.1 Å². The standard InChI is InChI=1S/C19H20ClN5O2/c1-13-11-14(20)3-8-17(13)23-19-24-18(12-22-25-19)21-9-10-27-16-6-4-15(26-2)5-7-16/h3-8,11-12H,9-10H2,1-2H3,(H2,21,23,24,25). The topological polar surface area (TPSA) is 81.2 Å². The van der Waals surface area contributed by atoms with E-state index in [0.29, 0.717) is 29.9 Å². The summed E-state index contributed by atoms with van der Waals surface area (Å²) < 4.78 is 10.8. The Morgan fingerprint density at radius 1 is 1.07 bits per heavy atom. The summed E-state index contributed by atoms with van der Waals surface area (Å²) in [4.78, 5) is 4.40. The molecule has 0 bridgehead atoms. The molecule has 2 aromatic carbocycles. The Balaban J connectivity index is 1.51. The molecule has 0 radical (unpaired) electrons. The summed E-state index contributed by atoms with van der Waals surface area (Å²) >= 11 is 5.98. The maximum absolute atomic E-state index is 5.98. The minimum absolute atomic E-state index is 0.404. The average molecular weight is 386 g/mol. The van der Waals surface area contributed by atoms with Crippen molar-refractivity contribution in [2.45, 2.75) is 6.92 Å². The van der Waals surface area contributed by atoms with Gasteiger partial charge in [-0.1, -0.05) is 11.6 Å².